The molecule has 0 spiro atoms. The average molecular weight is 269 g/mol. The highest BCUT2D eigenvalue weighted by molar-refractivity contribution is 5.84. The summed E-state index contributed by atoms with van der Waals surface area (Å²) in [5.41, 5.74) is -2.13. The van der Waals surface area contributed by atoms with Gasteiger partial charge in [-0.05, 0) is 40.5 Å². The Labute approximate surface area is 116 Å². The number of hydrogen-bond donors (Lipinski definition) is 2. The van der Waals surface area contributed by atoms with Crippen LogP contribution < -0.4 is 5.32 Å². The molecule has 0 saturated heterocycles. The van der Waals surface area contributed by atoms with E-state index in [4.69, 9.17) is 0 Å². The van der Waals surface area contributed by atoms with Gasteiger partial charge in [-0.2, -0.15) is 0 Å². The van der Waals surface area contributed by atoms with E-state index in [2.05, 4.69) is 5.32 Å². The van der Waals surface area contributed by atoms with Gasteiger partial charge in [0.2, 0.25) is 5.91 Å². The van der Waals surface area contributed by atoms with Crippen molar-refractivity contribution in [1.29, 1.82) is 0 Å². The van der Waals surface area contributed by atoms with Crippen LogP contribution in [0.5, 0.6) is 0 Å². The summed E-state index contributed by atoms with van der Waals surface area (Å²) in [5.74, 6) is -0.905. The van der Waals surface area contributed by atoms with Gasteiger partial charge in [-0.3, -0.25) is 9.59 Å². The highest BCUT2D eigenvalue weighted by atomic mass is 16.4. The largest absolute Gasteiger partial charge is 0.481 e. The Balaban J connectivity index is 2.83. The van der Waals surface area contributed by atoms with E-state index in [1.807, 2.05) is 6.92 Å². The first-order valence-corrected chi connectivity index (χ1v) is 7.09. The lowest BCUT2D eigenvalue weighted by molar-refractivity contribution is -0.152. The Bertz CT molecular complexity index is 366. The molecule has 19 heavy (non-hydrogen) atoms. The SMILES string of the molecule is CC1(C(=O)NC(C)(C)C(C)(C)C(=O)O)CCCCC1. The smallest absolute Gasteiger partial charge is 0.311 e. The van der Waals surface area contributed by atoms with Crippen LogP contribution in [0.1, 0.15) is 66.7 Å². The van der Waals surface area contributed by atoms with Crippen molar-refractivity contribution < 1.29 is 14.7 Å². The molecule has 4 heteroatoms. The molecule has 1 aliphatic rings. The van der Waals surface area contributed by atoms with Crippen LogP contribution in [0.25, 0.3) is 0 Å². The molecular formula is C15H27NO3. The van der Waals surface area contributed by atoms with Crippen LogP contribution in [-0.4, -0.2) is 22.5 Å². The number of amides is 1. The van der Waals surface area contributed by atoms with Gasteiger partial charge in [-0.25, -0.2) is 0 Å². The van der Waals surface area contributed by atoms with E-state index in [1.54, 1.807) is 27.7 Å². The first-order chi connectivity index (χ1) is 8.53. The molecule has 0 aromatic carbocycles. The number of carbonyl (C=O) groups excluding carboxylic acids is 1. The zero-order valence-corrected chi connectivity index (χ0v) is 12.8. The van der Waals surface area contributed by atoms with Crippen LogP contribution in [0.4, 0.5) is 0 Å². The molecule has 0 bridgehead atoms. The minimum absolute atomic E-state index is 0.00785. The minimum Gasteiger partial charge on any atom is -0.481 e. The van der Waals surface area contributed by atoms with Crippen LogP contribution in [0.2, 0.25) is 0 Å². The standard InChI is InChI=1S/C15H27NO3/c1-13(2,12(18)19)14(3,4)16-11(17)15(5)9-7-6-8-10-15/h6-10H2,1-5H3,(H,16,17)(H,18,19). The van der Waals surface area contributed by atoms with E-state index in [0.717, 1.165) is 25.7 Å². The molecule has 0 unspecified atom stereocenters. The van der Waals surface area contributed by atoms with Crippen molar-refractivity contribution >= 4 is 11.9 Å². The summed E-state index contributed by atoms with van der Waals surface area (Å²) in [4.78, 5) is 23.9. The average Bonchev–Trinajstić information content (AvgIpc) is 2.28. The van der Waals surface area contributed by atoms with Crippen molar-refractivity contribution in [3.05, 3.63) is 0 Å². The summed E-state index contributed by atoms with van der Waals surface area (Å²) in [5, 5.41) is 12.3. The third-order valence-corrected chi connectivity index (χ3v) is 5.03. The van der Waals surface area contributed by atoms with Gasteiger partial charge in [0, 0.05) is 11.0 Å². The topological polar surface area (TPSA) is 66.4 Å². The van der Waals surface area contributed by atoms with Gasteiger partial charge in [-0.15, -0.1) is 0 Å². The summed E-state index contributed by atoms with van der Waals surface area (Å²) in [6.45, 7) is 8.86. The Kier molecular flexibility index (Phi) is 4.33. The number of aliphatic carboxylic acids is 1. The zero-order valence-electron chi connectivity index (χ0n) is 12.8. The van der Waals surface area contributed by atoms with Crippen LogP contribution >= 0.6 is 0 Å². The molecule has 0 aromatic heterocycles. The van der Waals surface area contributed by atoms with Crippen LogP contribution in [-0.2, 0) is 9.59 Å². The lowest BCUT2D eigenvalue weighted by Gasteiger charge is -2.42. The number of carboxylic acid groups (broad SMARTS) is 1. The lowest BCUT2D eigenvalue weighted by Crippen LogP contribution is -2.59. The van der Waals surface area contributed by atoms with Gasteiger partial charge in [0.25, 0.3) is 0 Å². The van der Waals surface area contributed by atoms with E-state index < -0.39 is 16.9 Å². The molecule has 110 valence electrons. The molecule has 1 amide bonds. The third kappa shape index (κ3) is 3.10. The second-order valence-corrected chi connectivity index (χ2v) is 7.13. The van der Waals surface area contributed by atoms with Crippen LogP contribution in [0.3, 0.4) is 0 Å². The lowest BCUT2D eigenvalue weighted by atomic mass is 9.71. The Hall–Kier alpha value is -1.06. The van der Waals surface area contributed by atoms with Crippen LogP contribution in [0, 0.1) is 10.8 Å². The first kappa shape index (κ1) is 16.0. The number of nitrogens with one attached hydrogen (secondary N) is 1. The first-order valence-electron chi connectivity index (χ1n) is 7.09. The zero-order chi connectivity index (χ0) is 14.9. The van der Waals surface area contributed by atoms with Gasteiger partial charge in [-0.1, -0.05) is 26.2 Å². The van der Waals surface area contributed by atoms with Crippen molar-refractivity contribution in [3.63, 3.8) is 0 Å². The Morgan fingerprint density at radius 2 is 1.53 bits per heavy atom. The quantitative estimate of drug-likeness (QED) is 0.824. The van der Waals surface area contributed by atoms with Gasteiger partial charge < -0.3 is 10.4 Å². The van der Waals surface area contributed by atoms with Crippen molar-refractivity contribution in [2.45, 2.75) is 72.3 Å². The molecule has 0 aromatic rings. The molecule has 2 N–H and O–H groups in total. The molecule has 0 radical (unpaired) electrons. The van der Waals surface area contributed by atoms with Crippen molar-refractivity contribution in [2.75, 3.05) is 0 Å². The summed E-state index contributed by atoms with van der Waals surface area (Å²) in [7, 11) is 0. The van der Waals surface area contributed by atoms with E-state index in [-0.39, 0.29) is 11.3 Å². The number of hydrogen-bond acceptors (Lipinski definition) is 2. The van der Waals surface area contributed by atoms with Crippen LogP contribution in [0.15, 0.2) is 0 Å². The molecule has 1 aliphatic carbocycles. The maximum atomic E-state index is 12.5. The Morgan fingerprint density at radius 1 is 1.05 bits per heavy atom. The fourth-order valence-electron chi connectivity index (χ4n) is 2.42. The monoisotopic (exact) mass is 269 g/mol. The summed E-state index contributed by atoms with van der Waals surface area (Å²) in [6, 6.07) is 0. The normalized spacial score (nSPS) is 19.8. The van der Waals surface area contributed by atoms with Crippen molar-refractivity contribution in [3.8, 4) is 0 Å². The number of carbonyl (C=O) groups is 2. The maximum Gasteiger partial charge on any atom is 0.311 e. The maximum absolute atomic E-state index is 12.5. The highest BCUT2D eigenvalue weighted by Gasteiger charge is 2.46. The second kappa shape index (κ2) is 5.14. The molecular weight excluding hydrogens is 242 g/mol. The predicted molar refractivity (Wildman–Crippen MR) is 74.8 cm³/mol. The van der Waals surface area contributed by atoms with E-state index in [0.29, 0.717) is 0 Å². The molecule has 0 aliphatic heterocycles. The predicted octanol–water partition coefficient (Wildman–Crippen LogP) is 2.96. The summed E-state index contributed by atoms with van der Waals surface area (Å²) in [6.07, 6.45) is 5.12. The van der Waals surface area contributed by atoms with Crippen molar-refractivity contribution in [1.82, 2.24) is 5.32 Å². The molecule has 4 nitrogen and oxygen atoms in total. The van der Waals surface area contributed by atoms with Crippen molar-refractivity contribution in [2.24, 2.45) is 10.8 Å². The molecule has 0 atom stereocenters. The number of rotatable bonds is 4. The fraction of sp³-hybridized carbons (Fsp3) is 0.867. The molecule has 1 fully saturated rings. The number of carboxylic acids is 1. The summed E-state index contributed by atoms with van der Waals surface area (Å²) < 4.78 is 0. The third-order valence-electron chi connectivity index (χ3n) is 5.03. The molecule has 1 rings (SSSR count). The van der Waals surface area contributed by atoms with E-state index >= 15 is 0 Å². The van der Waals surface area contributed by atoms with Gasteiger partial charge in [0.05, 0.1) is 5.41 Å². The van der Waals surface area contributed by atoms with E-state index in [1.165, 1.54) is 6.42 Å². The molecule has 0 heterocycles. The highest BCUT2D eigenvalue weighted by Crippen LogP contribution is 2.38. The van der Waals surface area contributed by atoms with E-state index in [9.17, 15) is 14.7 Å². The summed E-state index contributed by atoms with van der Waals surface area (Å²) >= 11 is 0. The van der Waals surface area contributed by atoms with Gasteiger partial charge >= 0.3 is 5.97 Å². The van der Waals surface area contributed by atoms with Gasteiger partial charge in [0.15, 0.2) is 0 Å². The molecule has 1 saturated carbocycles. The second-order valence-electron chi connectivity index (χ2n) is 7.13. The fourth-order valence-corrected chi connectivity index (χ4v) is 2.42. The Morgan fingerprint density at radius 3 is 1.95 bits per heavy atom. The minimum atomic E-state index is -1.01. The van der Waals surface area contributed by atoms with Gasteiger partial charge in [0.1, 0.15) is 0 Å².